The lowest BCUT2D eigenvalue weighted by molar-refractivity contribution is -0.696. The van der Waals surface area contributed by atoms with Crippen molar-refractivity contribution < 1.29 is 9.67 Å². The average Bonchev–Trinajstić information content (AvgIpc) is 2.47. The van der Waals surface area contributed by atoms with Crippen LogP contribution in [0.4, 0.5) is 0 Å². The second-order valence-electron chi connectivity index (χ2n) is 2.74. The van der Waals surface area contributed by atoms with E-state index < -0.39 is 0 Å². The zero-order chi connectivity index (χ0) is 8.39. The smallest absolute Gasteiger partial charge is 0.249 e. The van der Waals surface area contributed by atoms with Crippen LogP contribution in [0, 0.1) is 0 Å². The van der Waals surface area contributed by atoms with E-state index in [9.17, 15) is 0 Å². The lowest BCUT2D eigenvalue weighted by Crippen LogP contribution is -2.32. The number of aliphatic hydroxyl groups excluding tert-OH is 1. The Balaban J connectivity index is 2.47. The van der Waals surface area contributed by atoms with Crippen LogP contribution >= 0.6 is 0 Å². The second-order valence-corrected chi connectivity index (χ2v) is 2.74. The van der Waals surface area contributed by atoms with Crippen molar-refractivity contribution in [1.82, 2.24) is 4.40 Å². The molecule has 0 aliphatic heterocycles. The molecule has 0 unspecified atom stereocenters. The van der Waals surface area contributed by atoms with Gasteiger partial charge in [0.15, 0.2) is 5.52 Å². The van der Waals surface area contributed by atoms with Crippen LogP contribution in [0.2, 0.25) is 0 Å². The zero-order valence-electron chi connectivity index (χ0n) is 6.72. The van der Waals surface area contributed by atoms with Gasteiger partial charge in [-0.05, 0) is 12.1 Å². The van der Waals surface area contributed by atoms with Crippen molar-refractivity contribution in [1.29, 1.82) is 0 Å². The van der Waals surface area contributed by atoms with Gasteiger partial charge in [-0.25, -0.2) is 8.97 Å². The Morgan fingerprint density at radius 3 is 3.08 bits per heavy atom. The van der Waals surface area contributed by atoms with Crippen molar-refractivity contribution >= 4 is 5.52 Å². The molecule has 2 heterocycles. The summed E-state index contributed by atoms with van der Waals surface area (Å²) >= 11 is 0. The van der Waals surface area contributed by atoms with Crippen LogP contribution in [-0.2, 0) is 6.54 Å². The Hall–Kier alpha value is -1.35. The molecule has 0 saturated heterocycles. The molecule has 2 aromatic rings. The Morgan fingerprint density at radius 1 is 1.42 bits per heavy atom. The summed E-state index contributed by atoms with van der Waals surface area (Å²) in [5, 5.41) is 8.71. The zero-order valence-corrected chi connectivity index (χ0v) is 6.72. The maximum Gasteiger partial charge on any atom is 0.249 e. The largest absolute Gasteiger partial charge is 0.392 e. The Kier molecular flexibility index (Phi) is 1.80. The molecule has 0 radical (unpaired) electrons. The van der Waals surface area contributed by atoms with Crippen LogP contribution in [0.5, 0.6) is 0 Å². The maximum absolute atomic E-state index is 8.71. The first-order chi connectivity index (χ1) is 5.90. The number of aliphatic hydroxyl groups is 1. The number of hydrogen-bond acceptors (Lipinski definition) is 1. The predicted octanol–water partition coefficient (Wildman–Crippen LogP) is 0.219. The molecule has 0 amide bonds. The van der Waals surface area contributed by atoms with E-state index in [-0.39, 0.29) is 6.61 Å². The summed E-state index contributed by atoms with van der Waals surface area (Å²) in [5.74, 6) is 0. The third kappa shape index (κ3) is 1.19. The highest BCUT2D eigenvalue weighted by Gasteiger charge is 2.02. The van der Waals surface area contributed by atoms with Gasteiger partial charge in [0.1, 0.15) is 12.7 Å². The van der Waals surface area contributed by atoms with Gasteiger partial charge in [-0.15, -0.1) is 0 Å². The maximum atomic E-state index is 8.71. The summed E-state index contributed by atoms with van der Waals surface area (Å²) in [7, 11) is 0. The number of rotatable bonds is 2. The summed E-state index contributed by atoms with van der Waals surface area (Å²) in [6.45, 7) is 0.837. The lowest BCUT2D eigenvalue weighted by atomic mass is 10.4. The van der Waals surface area contributed by atoms with Crippen molar-refractivity contribution in [2.45, 2.75) is 6.54 Å². The van der Waals surface area contributed by atoms with Crippen LogP contribution in [0.1, 0.15) is 0 Å². The van der Waals surface area contributed by atoms with E-state index in [1.165, 1.54) is 0 Å². The number of nitrogens with zero attached hydrogens (tertiary/aromatic N) is 2. The normalized spacial score (nSPS) is 10.8. The van der Waals surface area contributed by atoms with Gasteiger partial charge in [0.05, 0.1) is 12.8 Å². The van der Waals surface area contributed by atoms with E-state index in [0.29, 0.717) is 6.54 Å². The van der Waals surface area contributed by atoms with Gasteiger partial charge >= 0.3 is 0 Å². The second kappa shape index (κ2) is 2.95. The third-order valence-electron chi connectivity index (χ3n) is 1.85. The Labute approximate surface area is 70.5 Å². The van der Waals surface area contributed by atoms with Gasteiger partial charge in [-0.1, -0.05) is 6.07 Å². The van der Waals surface area contributed by atoms with E-state index in [1.54, 1.807) is 0 Å². The average molecular weight is 163 g/mol. The van der Waals surface area contributed by atoms with Gasteiger partial charge in [0.2, 0.25) is 6.33 Å². The molecule has 0 aliphatic carbocycles. The minimum Gasteiger partial charge on any atom is -0.392 e. The van der Waals surface area contributed by atoms with Crippen LogP contribution in [0.25, 0.3) is 5.52 Å². The fourth-order valence-electron chi connectivity index (χ4n) is 1.28. The summed E-state index contributed by atoms with van der Waals surface area (Å²) < 4.78 is 3.99. The van der Waals surface area contributed by atoms with E-state index in [2.05, 4.69) is 0 Å². The Morgan fingerprint density at radius 2 is 2.33 bits per heavy atom. The monoisotopic (exact) mass is 163 g/mol. The number of hydrogen-bond donors (Lipinski definition) is 1. The Bertz CT molecular complexity index is 348. The highest BCUT2D eigenvalue weighted by molar-refractivity contribution is 5.41. The first-order valence-electron chi connectivity index (χ1n) is 3.97. The highest BCUT2D eigenvalue weighted by Crippen LogP contribution is 1.97. The molecule has 0 aromatic carbocycles. The topological polar surface area (TPSA) is 28.5 Å². The number of imidazole rings is 1. The quantitative estimate of drug-likeness (QED) is 0.630. The molecule has 0 aliphatic rings. The van der Waals surface area contributed by atoms with Crippen molar-refractivity contribution in [2.75, 3.05) is 6.61 Å². The molecule has 62 valence electrons. The minimum atomic E-state index is 0.182. The van der Waals surface area contributed by atoms with Gasteiger partial charge < -0.3 is 5.11 Å². The molecular weight excluding hydrogens is 152 g/mol. The molecule has 2 aromatic heterocycles. The molecule has 1 N–H and O–H groups in total. The molecule has 0 bridgehead atoms. The lowest BCUT2D eigenvalue weighted by Gasteiger charge is -1.85. The molecule has 0 fully saturated rings. The molecule has 3 heteroatoms. The van der Waals surface area contributed by atoms with Crippen LogP contribution < -0.4 is 4.57 Å². The summed E-state index contributed by atoms with van der Waals surface area (Å²) in [6.07, 6.45) is 5.96. The number of aromatic nitrogens is 2. The molecule has 12 heavy (non-hydrogen) atoms. The molecule has 0 saturated carbocycles. The van der Waals surface area contributed by atoms with E-state index in [1.807, 2.05) is 45.9 Å². The van der Waals surface area contributed by atoms with Gasteiger partial charge in [-0.3, -0.25) is 0 Å². The molecule has 2 rings (SSSR count). The predicted molar refractivity (Wildman–Crippen MR) is 44.7 cm³/mol. The van der Waals surface area contributed by atoms with Crippen molar-refractivity contribution in [2.24, 2.45) is 0 Å². The molecule has 0 spiro atoms. The van der Waals surface area contributed by atoms with E-state index >= 15 is 0 Å². The van der Waals surface area contributed by atoms with E-state index in [0.717, 1.165) is 5.52 Å². The minimum absolute atomic E-state index is 0.182. The molecule has 0 atom stereocenters. The van der Waals surface area contributed by atoms with Crippen molar-refractivity contribution in [3.05, 3.63) is 36.9 Å². The summed E-state index contributed by atoms with van der Waals surface area (Å²) in [4.78, 5) is 0. The third-order valence-corrected chi connectivity index (χ3v) is 1.85. The molecule has 3 nitrogen and oxygen atoms in total. The number of fused-ring (bicyclic) bond motifs is 1. The van der Waals surface area contributed by atoms with Gasteiger partial charge in [0.25, 0.3) is 0 Å². The van der Waals surface area contributed by atoms with Gasteiger partial charge in [0, 0.05) is 0 Å². The number of pyridine rings is 1. The van der Waals surface area contributed by atoms with Crippen LogP contribution in [0.15, 0.2) is 36.9 Å². The van der Waals surface area contributed by atoms with Crippen molar-refractivity contribution in [3.63, 3.8) is 0 Å². The van der Waals surface area contributed by atoms with Gasteiger partial charge in [-0.2, -0.15) is 0 Å². The first-order valence-corrected chi connectivity index (χ1v) is 3.97. The molecular formula is C9H11N2O+. The fourth-order valence-corrected chi connectivity index (χ4v) is 1.28. The van der Waals surface area contributed by atoms with Crippen LogP contribution in [0.3, 0.4) is 0 Å². The van der Waals surface area contributed by atoms with Crippen molar-refractivity contribution in [3.8, 4) is 0 Å². The summed E-state index contributed by atoms with van der Waals surface area (Å²) in [6, 6.07) is 6.02. The fraction of sp³-hybridized carbons (Fsp3) is 0.222. The first kappa shape index (κ1) is 7.31. The standard InChI is InChI=1S/C9H11N2O/c12-6-5-10-7-9-3-1-2-4-11(9)8-10/h1-4,7-8,12H,5-6H2/q+1. The van der Waals surface area contributed by atoms with Crippen LogP contribution in [-0.4, -0.2) is 16.1 Å². The summed E-state index contributed by atoms with van der Waals surface area (Å²) in [5.41, 5.74) is 1.14. The SMILES string of the molecule is OCC[n+]1cc2ccccn2c1. The highest BCUT2D eigenvalue weighted by atomic mass is 16.3. The van der Waals surface area contributed by atoms with E-state index in [4.69, 9.17) is 5.11 Å².